The Labute approximate surface area is 126 Å². The Hall–Kier alpha value is -1.26. The van der Waals surface area contributed by atoms with Gasteiger partial charge in [0.15, 0.2) is 0 Å². The molecule has 0 aliphatic heterocycles. The van der Waals surface area contributed by atoms with E-state index in [9.17, 15) is 4.79 Å². The third kappa shape index (κ3) is 4.69. The number of halogens is 1. The molecule has 0 heterocycles. The highest BCUT2D eigenvalue weighted by Gasteiger charge is 2.21. The summed E-state index contributed by atoms with van der Waals surface area (Å²) in [6.45, 7) is 6.34. The van der Waals surface area contributed by atoms with Crippen LogP contribution in [0.5, 0.6) is 0 Å². The fourth-order valence-corrected chi connectivity index (χ4v) is 2.22. The Bertz CT molecular complexity index is 440. The van der Waals surface area contributed by atoms with Crippen LogP contribution in [0.2, 0.25) is 5.02 Å². The van der Waals surface area contributed by atoms with Crippen LogP contribution in [-0.2, 0) is 0 Å². The summed E-state index contributed by atoms with van der Waals surface area (Å²) in [5.74, 6) is 0.300. The Morgan fingerprint density at radius 2 is 1.95 bits per heavy atom. The van der Waals surface area contributed by atoms with Gasteiger partial charge in [-0.1, -0.05) is 31.5 Å². The summed E-state index contributed by atoms with van der Waals surface area (Å²) in [5.41, 5.74) is 6.75. The Kier molecular flexibility index (Phi) is 6.30. The molecule has 0 saturated carbocycles. The molecule has 1 aromatic carbocycles. The van der Waals surface area contributed by atoms with Gasteiger partial charge in [0.05, 0.1) is 10.6 Å². The number of nitrogens with two attached hydrogens (primary N) is 1. The van der Waals surface area contributed by atoms with E-state index in [1.807, 2.05) is 19.0 Å². The lowest BCUT2D eigenvalue weighted by atomic mass is 10.1. The molecule has 4 nitrogen and oxygen atoms in total. The van der Waals surface area contributed by atoms with Gasteiger partial charge >= 0.3 is 0 Å². The van der Waals surface area contributed by atoms with Crippen molar-refractivity contribution in [2.24, 2.45) is 5.92 Å². The quantitative estimate of drug-likeness (QED) is 0.821. The summed E-state index contributed by atoms with van der Waals surface area (Å²) in [6.07, 6.45) is 0. The molecule has 0 saturated heterocycles. The van der Waals surface area contributed by atoms with Crippen molar-refractivity contribution in [3.05, 3.63) is 28.8 Å². The van der Waals surface area contributed by atoms with Crippen molar-refractivity contribution in [2.45, 2.75) is 13.8 Å². The number of anilines is 1. The van der Waals surface area contributed by atoms with Crippen LogP contribution in [0.15, 0.2) is 18.2 Å². The fourth-order valence-electron chi connectivity index (χ4n) is 1.96. The molecule has 0 aliphatic rings. The van der Waals surface area contributed by atoms with Crippen molar-refractivity contribution in [1.82, 2.24) is 9.80 Å². The fraction of sp³-hybridized carbons (Fsp3) is 0.533. The van der Waals surface area contributed by atoms with E-state index < -0.39 is 0 Å². The maximum Gasteiger partial charge on any atom is 0.257 e. The van der Waals surface area contributed by atoms with Gasteiger partial charge in [0, 0.05) is 25.3 Å². The molecule has 20 heavy (non-hydrogen) atoms. The maximum atomic E-state index is 12.7. The summed E-state index contributed by atoms with van der Waals surface area (Å²) in [5, 5.41) is 0.411. The highest BCUT2D eigenvalue weighted by Crippen LogP contribution is 2.24. The average Bonchev–Trinajstić information content (AvgIpc) is 2.33. The van der Waals surface area contributed by atoms with Crippen LogP contribution in [0, 0.1) is 5.92 Å². The summed E-state index contributed by atoms with van der Waals surface area (Å²) in [4.78, 5) is 16.6. The first kappa shape index (κ1) is 16.8. The Balaban J connectivity index is 2.97. The van der Waals surface area contributed by atoms with Gasteiger partial charge in [-0.2, -0.15) is 0 Å². The largest absolute Gasteiger partial charge is 0.398 e. The average molecular weight is 298 g/mol. The molecule has 0 bridgehead atoms. The van der Waals surface area contributed by atoms with E-state index in [1.165, 1.54) is 0 Å². The number of carbonyl (C=O) groups excluding carboxylic acids is 1. The lowest BCUT2D eigenvalue weighted by Crippen LogP contribution is -2.39. The van der Waals surface area contributed by atoms with Crippen LogP contribution >= 0.6 is 11.6 Å². The van der Waals surface area contributed by atoms with Crippen molar-refractivity contribution in [3.8, 4) is 0 Å². The number of nitrogen functional groups attached to an aromatic ring is 1. The zero-order valence-electron chi connectivity index (χ0n) is 12.7. The summed E-state index contributed by atoms with van der Waals surface area (Å²) in [7, 11) is 3.98. The number of hydrogen-bond donors (Lipinski definition) is 1. The molecule has 0 radical (unpaired) electrons. The van der Waals surface area contributed by atoms with Crippen molar-refractivity contribution in [1.29, 1.82) is 0 Å². The molecule has 0 unspecified atom stereocenters. The molecule has 0 spiro atoms. The molecule has 1 aromatic rings. The van der Waals surface area contributed by atoms with E-state index in [0.717, 1.165) is 6.54 Å². The van der Waals surface area contributed by atoms with Crippen LogP contribution in [0.4, 0.5) is 5.69 Å². The third-order valence-corrected chi connectivity index (χ3v) is 3.26. The van der Waals surface area contributed by atoms with Crippen LogP contribution < -0.4 is 5.73 Å². The smallest absolute Gasteiger partial charge is 0.257 e. The number of hydrogen-bond acceptors (Lipinski definition) is 3. The van der Waals surface area contributed by atoms with E-state index in [0.29, 0.717) is 35.3 Å². The molecule has 0 atom stereocenters. The monoisotopic (exact) mass is 297 g/mol. The minimum Gasteiger partial charge on any atom is -0.398 e. The number of carbonyl (C=O) groups is 1. The van der Waals surface area contributed by atoms with Gasteiger partial charge in [-0.3, -0.25) is 4.79 Å². The van der Waals surface area contributed by atoms with Crippen molar-refractivity contribution < 1.29 is 4.79 Å². The lowest BCUT2D eigenvalue weighted by molar-refractivity contribution is 0.0726. The summed E-state index contributed by atoms with van der Waals surface area (Å²) < 4.78 is 0. The van der Waals surface area contributed by atoms with Crippen molar-refractivity contribution in [3.63, 3.8) is 0 Å². The van der Waals surface area contributed by atoms with Gasteiger partial charge in [0.2, 0.25) is 0 Å². The first-order valence-electron chi connectivity index (χ1n) is 6.81. The molecule has 1 rings (SSSR count). The Morgan fingerprint density at radius 3 is 2.45 bits per heavy atom. The predicted octanol–water partition coefficient (Wildman–Crippen LogP) is 2.58. The minimum absolute atomic E-state index is 0.0938. The standard InChI is InChI=1S/C15H24ClN3O/c1-11(2)10-19(9-8-18(3)4)15(20)14-12(16)6-5-7-13(14)17/h5-7,11H,8-10,17H2,1-4H3. The minimum atomic E-state index is -0.0938. The molecule has 2 N–H and O–H groups in total. The highest BCUT2D eigenvalue weighted by molar-refractivity contribution is 6.34. The summed E-state index contributed by atoms with van der Waals surface area (Å²) >= 11 is 6.13. The van der Waals surface area contributed by atoms with Crippen LogP contribution in [0.1, 0.15) is 24.2 Å². The molecule has 0 fully saturated rings. The molecule has 0 aromatic heterocycles. The van der Waals surface area contributed by atoms with Gasteiger partial charge in [-0.15, -0.1) is 0 Å². The third-order valence-electron chi connectivity index (χ3n) is 2.95. The first-order valence-corrected chi connectivity index (χ1v) is 7.18. The first-order chi connectivity index (χ1) is 9.32. The number of nitrogens with zero attached hydrogens (tertiary/aromatic N) is 2. The second kappa shape index (κ2) is 7.50. The van der Waals surface area contributed by atoms with Crippen LogP contribution in [-0.4, -0.2) is 49.4 Å². The number of amides is 1. The van der Waals surface area contributed by atoms with E-state index in [4.69, 9.17) is 17.3 Å². The molecular formula is C15H24ClN3O. The summed E-state index contributed by atoms with van der Waals surface area (Å²) in [6, 6.07) is 5.16. The van der Waals surface area contributed by atoms with Gasteiger partial charge < -0.3 is 15.5 Å². The molecular weight excluding hydrogens is 274 g/mol. The van der Waals surface area contributed by atoms with E-state index in [1.54, 1.807) is 18.2 Å². The van der Waals surface area contributed by atoms with Crippen molar-refractivity contribution >= 4 is 23.2 Å². The number of rotatable bonds is 6. The Morgan fingerprint density at radius 1 is 1.30 bits per heavy atom. The van der Waals surface area contributed by atoms with Crippen LogP contribution in [0.3, 0.4) is 0 Å². The molecule has 112 valence electrons. The van der Waals surface area contributed by atoms with Crippen molar-refractivity contribution in [2.75, 3.05) is 39.5 Å². The number of benzene rings is 1. The molecule has 1 amide bonds. The van der Waals surface area contributed by atoms with Gasteiger partial charge in [0.25, 0.3) is 5.91 Å². The zero-order valence-corrected chi connectivity index (χ0v) is 13.4. The normalized spacial score (nSPS) is 11.2. The van der Waals surface area contributed by atoms with E-state index >= 15 is 0 Å². The number of likely N-dealkylation sites (N-methyl/N-ethyl adjacent to an activating group) is 1. The second-order valence-corrected chi connectivity index (χ2v) is 6.06. The topological polar surface area (TPSA) is 49.6 Å². The maximum absolute atomic E-state index is 12.7. The zero-order chi connectivity index (χ0) is 15.3. The SMILES string of the molecule is CC(C)CN(CCN(C)C)C(=O)c1c(N)cccc1Cl. The lowest BCUT2D eigenvalue weighted by Gasteiger charge is -2.27. The molecule has 5 heteroatoms. The molecule has 0 aliphatic carbocycles. The van der Waals surface area contributed by atoms with Gasteiger partial charge in [0.1, 0.15) is 0 Å². The van der Waals surface area contributed by atoms with Gasteiger partial charge in [-0.25, -0.2) is 0 Å². The van der Waals surface area contributed by atoms with E-state index in [-0.39, 0.29) is 5.91 Å². The van der Waals surface area contributed by atoms with Crippen LogP contribution in [0.25, 0.3) is 0 Å². The van der Waals surface area contributed by atoms with E-state index in [2.05, 4.69) is 18.7 Å². The predicted molar refractivity (Wildman–Crippen MR) is 85.2 cm³/mol. The second-order valence-electron chi connectivity index (χ2n) is 5.65. The highest BCUT2D eigenvalue weighted by atomic mass is 35.5. The van der Waals surface area contributed by atoms with Gasteiger partial charge in [-0.05, 0) is 32.1 Å².